The van der Waals surface area contributed by atoms with Gasteiger partial charge < -0.3 is 14.1 Å². The molecule has 4 rings (SSSR count). The molecule has 0 aromatic carbocycles. The fourth-order valence-electron chi connectivity index (χ4n) is 5.17. The van der Waals surface area contributed by atoms with Crippen LogP contribution in [0.2, 0.25) is 0 Å². The highest BCUT2D eigenvalue weighted by Crippen LogP contribution is 2.39. The number of nitrogens with zero attached hydrogens (tertiary/aromatic N) is 4. The first-order valence-electron chi connectivity index (χ1n) is 13.2. The SMILES string of the molecule is CC[C@@H](C)Oc1ccc2c(n1)CCN(CCC1(F)CCC(CC(=O)Cc3nnc(C)o3)CC1)CC2. The molecule has 0 spiro atoms. The van der Waals surface area contributed by atoms with Gasteiger partial charge >= 0.3 is 0 Å². The number of hydrogen-bond donors (Lipinski definition) is 0. The molecule has 2 aromatic heterocycles. The lowest BCUT2D eigenvalue weighted by Gasteiger charge is -2.35. The highest BCUT2D eigenvalue weighted by Gasteiger charge is 2.36. The van der Waals surface area contributed by atoms with E-state index in [0.717, 1.165) is 57.4 Å². The van der Waals surface area contributed by atoms with Crippen LogP contribution in [0.15, 0.2) is 16.5 Å². The van der Waals surface area contributed by atoms with Gasteiger partial charge in [0.25, 0.3) is 0 Å². The summed E-state index contributed by atoms with van der Waals surface area (Å²) in [5.74, 6) is 1.90. The van der Waals surface area contributed by atoms with Gasteiger partial charge in [0.2, 0.25) is 17.7 Å². The fourth-order valence-corrected chi connectivity index (χ4v) is 5.17. The number of aromatic nitrogens is 3. The van der Waals surface area contributed by atoms with Crippen LogP contribution in [0, 0.1) is 12.8 Å². The second kappa shape index (κ2) is 11.6. The first kappa shape index (κ1) is 25.7. The van der Waals surface area contributed by atoms with Gasteiger partial charge in [-0.15, -0.1) is 10.2 Å². The molecule has 0 amide bonds. The van der Waals surface area contributed by atoms with Crippen LogP contribution in [0.5, 0.6) is 5.88 Å². The average Bonchev–Trinajstić information content (AvgIpc) is 3.13. The molecule has 1 saturated carbocycles. The van der Waals surface area contributed by atoms with Crippen LogP contribution in [0.25, 0.3) is 0 Å². The van der Waals surface area contributed by atoms with Crippen molar-refractivity contribution in [1.82, 2.24) is 20.1 Å². The monoisotopic (exact) mass is 486 g/mol. The number of fused-ring (bicyclic) bond motifs is 1. The molecule has 2 aliphatic rings. The number of pyridine rings is 1. The normalized spacial score (nSPS) is 23.9. The summed E-state index contributed by atoms with van der Waals surface area (Å²) in [7, 11) is 0. The topological polar surface area (TPSA) is 81.4 Å². The number of carbonyl (C=O) groups is 1. The van der Waals surface area contributed by atoms with Crippen LogP contribution in [0.1, 0.15) is 81.8 Å². The number of aryl methyl sites for hydroxylation is 1. The molecule has 2 aromatic rings. The molecule has 0 N–H and O–H groups in total. The largest absolute Gasteiger partial charge is 0.475 e. The lowest BCUT2D eigenvalue weighted by atomic mass is 9.76. The Morgan fingerprint density at radius 3 is 2.74 bits per heavy atom. The minimum absolute atomic E-state index is 0.0976. The highest BCUT2D eigenvalue weighted by atomic mass is 19.1. The molecule has 1 atom stereocenters. The maximum absolute atomic E-state index is 15.6. The maximum Gasteiger partial charge on any atom is 0.223 e. The molecule has 0 unspecified atom stereocenters. The zero-order valence-electron chi connectivity index (χ0n) is 21.4. The Kier molecular flexibility index (Phi) is 8.52. The zero-order chi connectivity index (χ0) is 24.8. The standard InChI is InChI=1S/C27H39FN4O3/c1-4-19(2)34-25-6-5-22-9-14-32(15-10-24(22)29-25)16-13-27(28)11-7-21(8-12-27)17-23(33)18-26-31-30-20(3)35-26/h5-6,19,21H,4,7-18H2,1-3H3/t19-,21?,27?/m1/s1. The van der Waals surface area contributed by atoms with Crippen LogP contribution >= 0.6 is 0 Å². The van der Waals surface area contributed by atoms with Crippen molar-refractivity contribution in [2.45, 2.75) is 96.8 Å². The fraction of sp³-hybridized carbons (Fsp3) is 0.704. The minimum Gasteiger partial charge on any atom is -0.475 e. The molecule has 0 bridgehead atoms. The number of rotatable bonds is 10. The van der Waals surface area contributed by atoms with Crippen LogP contribution < -0.4 is 4.74 Å². The van der Waals surface area contributed by atoms with Crippen molar-refractivity contribution in [3.8, 4) is 5.88 Å². The zero-order valence-corrected chi connectivity index (χ0v) is 21.4. The number of halogens is 1. The van der Waals surface area contributed by atoms with Crippen LogP contribution in [-0.2, 0) is 24.1 Å². The number of alkyl halides is 1. The predicted octanol–water partition coefficient (Wildman–Crippen LogP) is 4.84. The Balaban J connectivity index is 1.20. The lowest BCUT2D eigenvalue weighted by Crippen LogP contribution is -2.36. The van der Waals surface area contributed by atoms with Crippen LogP contribution in [0.3, 0.4) is 0 Å². The van der Waals surface area contributed by atoms with Crippen LogP contribution in [-0.4, -0.2) is 57.3 Å². The second-order valence-electron chi connectivity index (χ2n) is 10.4. The van der Waals surface area contributed by atoms with Gasteiger partial charge in [0.15, 0.2) is 0 Å². The van der Waals surface area contributed by atoms with E-state index in [0.29, 0.717) is 43.3 Å². The summed E-state index contributed by atoms with van der Waals surface area (Å²) in [6, 6.07) is 4.12. The van der Waals surface area contributed by atoms with E-state index in [1.165, 1.54) is 5.56 Å². The molecule has 192 valence electrons. The molecule has 1 aliphatic heterocycles. The smallest absolute Gasteiger partial charge is 0.223 e. The number of ketones is 1. The quantitative estimate of drug-likeness (QED) is 0.475. The molecule has 35 heavy (non-hydrogen) atoms. The van der Waals surface area contributed by atoms with Gasteiger partial charge in [-0.1, -0.05) is 13.0 Å². The molecular formula is C27H39FN4O3. The third-order valence-corrected chi connectivity index (χ3v) is 7.61. The second-order valence-corrected chi connectivity index (χ2v) is 10.4. The lowest BCUT2D eigenvalue weighted by molar-refractivity contribution is -0.120. The molecule has 1 fully saturated rings. The van der Waals surface area contributed by atoms with Crippen molar-refractivity contribution in [2.75, 3.05) is 19.6 Å². The highest BCUT2D eigenvalue weighted by molar-refractivity contribution is 5.80. The summed E-state index contributed by atoms with van der Waals surface area (Å²) in [6.45, 7) is 8.47. The third kappa shape index (κ3) is 7.32. The van der Waals surface area contributed by atoms with Crippen molar-refractivity contribution in [3.63, 3.8) is 0 Å². The van der Waals surface area contributed by atoms with Gasteiger partial charge in [-0.25, -0.2) is 9.37 Å². The third-order valence-electron chi connectivity index (χ3n) is 7.61. The van der Waals surface area contributed by atoms with Gasteiger partial charge in [0, 0.05) is 51.2 Å². The summed E-state index contributed by atoms with van der Waals surface area (Å²) < 4.78 is 26.8. The van der Waals surface area contributed by atoms with Crippen LogP contribution in [0.4, 0.5) is 4.39 Å². The van der Waals surface area contributed by atoms with E-state index in [4.69, 9.17) is 14.1 Å². The summed E-state index contributed by atoms with van der Waals surface area (Å²) in [6.07, 6.45) is 6.73. The van der Waals surface area contributed by atoms with Crippen molar-refractivity contribution in [1.29, 1.82) is 0 Å². The van der Waals surface area contributed by atoms with E-state index in [1.807, 2.05) is 6.07 Å². The Labute approximate surface area is 207 Å². The molecule has 8 heteroatoms. The molecule has 0 radical (unpaired) electrons. The molecule has 7 nitrogen and oxygen atoms in total. The Hall–Kier alpha value is -2.35. The molecule has 3 heterocycles. The summed E-state index contributed by atoms with van der Waals surface area (Å²) in [4.78, 5) is 19.5. The number of Topliss-reactive ketones (excluding diaryl/α,β-unsaturated/α-hetero) is 1. The van der Waals surface area contributed by atoms with Crippen molar-refractivity contribution >= 4 is 5.78 Å². The van der Waals surface area contributed by atoms with Gasteiger partial charge in [0.1, 0.15) is 11.5 Å². The predicted molar refractivity (Wildman–Crippen MR) is 131 cm³/mol. The first-order chi connectivity index (χ1) is 16.8. The van der Waals surface area contributed by atoms with Crippen molar-refractivity contribution < 1.29 is 18.3 Å². The average molecular weight is 487 g/mol. The maximum atomic E-state index is 15.6. The molecular weight excluding hydrogens is 447 g/mol. The number of carbonyl (C=O) groups excluding carboxylic acids is 1. The van der Waals surface area contributed by atoms with Gasteiger partial charge in [-0.3, -0.25) is 4.79 Å². The van der Waals surface area contributed by atoms with E-state index in [1.54, 1.807) is 6.92 Å². The van der Waals surface area contributed by atoms with E-state index < -0.39 is 5.67 Å². The van der Waals surface area contributed by atoms with E-state index >= 15 is 4.39 Å². The first-order valence-corrected chi connectivity index (χ1v) is 13.2. The van der Waals surface area contributed by atoms with Crippen molar-refractivity contribution in [2.24, 2.45) is 5.92 Å². The number of ether oxygens (including phenoxy) is 1. The Bertz CT molecular complexity index is 987. The van der Waals surface area contributed by atoms with E-state index in [-0.39, 0.29) is 24.2 Å². The van der Waals surface area contributed by atoms with Gasteiger partial charge in [-0.2, -0.15) is 0 Å². The van der Waals surface area contributed by atoms with Gasteiger partial charge in [-0.05, 0) is 63.4 Å². The Morgan fingerprint density at radius 1 is 1.26 bits per heavy atom. The summed E-state index contributed by atoms with van der Waals surface area (Å²) in [5.41, 5.74) is 1.27. The van der Waals surface area contributed by atoms with E-state index in [9.17, 15) is 4.79 Å². The number of hydrogen-bond acceptors (Lipinski definition) is 7. The summed E-state index contributed by atoms with van der Waals surface area (Å²) >= 11 is 0. The minimum atomic E-state index is -1.13. The van der Waals surface area contributed by atoms with Gasteiger partial charge in [0.05, 0.1) is 12.5 Å². The van der Waals surface area contributed by atoms with Crippen molar-refractivity contribution in [3.05, 3.63) is 35.2 Å². The van der Waals surface area contributed by atoms with E-state index in [2.05, 4.69) is 35.0 Å². The Morgan fingerprint density at radius 2 is 2.03 bits per heavy atom. The summed E-state index contributed by atoms with van der Waals surface area (Å²) in [5, 5.41) is 7.66. The molecule has 0 saturated heterocycles. The molecule has 1 aliphatic carbocycles.